The van der Waals surface area contributed by atoms with E-state index in [4.69, 9.17) is 4.74 Å². The molecule has 3 rings (SSSR count). The highest BCUT2D eigenvalue weighted by Crippen LogP contribution is 2.18. The van der Waals surface area contributed by atoms with E-state index in [1.807, 2.05) is 6.92 Å². The zero-order valence-electron chi connectivity index (χ0n) is 12.0. The van der Waals surface area contributed by atoms with Gasteiger partial charge in [-0.15, -0.1) is 5.10 Å². The highest BCUT2D eigenvalue weighted by molar-refractivity contribution is 7.20. The Balaban J connectivity index is 1.68. The van der Waals surface area contributed by atoms with E-state index >= 15 is 0 Å². The zero-order valence-corrected chi connectivity index (χ0v) is 12.8. The smallest absolute Gasteiger partial charge is 0.275 e. The van der Waals surface area contributed by atoms with Crippen LogP contribution in [-0.2, 0) is 11.2 Å². The monoisotopic (exact) mass is 306 g/mol. The Labute approximate surface area is 126 Å². The molecule has 0 radical (unpaired) electrons. The van der Waals surface area contributed by atoms with E-state index in [2.05, 4.69) is 21.5 Å². The quantitative estimate of drug-likeness (QED) is 0.854. The van der Waals surface area contributed by atoms with Crippen LogP contribution in [0.15, 0.2) is 22.5 Å². The van der Waals surface area contributed by atoms with Gasteiger partial charge in [-0.1, -0.05) is 29.9 Å². The van der Waals surface area contributed by atoms with Crippen molar-refractivity contribution in [3.63, 3.8) is 0 Å². The predicted molar refractivity (Wildman–Crippen MR) is 83.1 cm³/mol. The van der Waals surface area contributed by atoms with E-state index in [1.165, 1.54) is 21.4 Å². The third-order valence-corrected chi connectivity index (χ3v) is 4.31. The van der Waals surface area contributed by atoms with E-state index in [0.717, 1.165) is 49.8 Å². The summed E-state index contributed by atoms with van der Waals surface area (Å²) in [4.78, 5) is 17.0. The molecule has 2 aromatic heterocycles. The molecule has 0 saturated heterocycles. The summed E-state index contributed by atoms with van der Waals surface area (Å²) in [5, 5.41) is 8.28. The standard InChI is InChI=1S/C14H18N4O2S/c1-2-11-9-12(19)18-14(16-11)21-13(17-18)15-6-3-10-4-7-20-8-5-10/h4,9H,2-3,5-8H2,1H3,(H,15,17). The van der Waals surface area contributed by atoms with Crippen LogP contribution in [0.5, 0.6) is 0 Å². The van der Waals surface area contributed by atoms with E-state index in [-0.39, 0.29) is 5.56 Å². The number of anilines is 1. The summed E-state index contributed by atoms with van der Waals surface area (Å²) >= 11 is 1.41. The third kappa shape index (κ3) is 3.30. The first-order valence-corrected chi connectivity index (χ1v) is 7.97. The number of hydrogen-bond acceptors (Lipinski definition) is 6. The molecule has 0 bridgehead atoms. The van der Waals surface area contributed by atoms with E-state index in [9.17, 15) is 4.79 Å². The van der Waals surface area contributed by atoms with Crippen LogP contribution in [0, 0.1) is 0 Å². The van der Waals surface area contributed by atoms with E-state index < -0.39 is 0 Å². The van der Waals surface area contributed by atoms with Gasteiger partial charge in [0.25, 0.3) is 5.56 Å². The maximum absolute atomic E-state index is 11.9. The number of hydrogen-bond donors (Lipinski definition) is 1. The van der Waals surface area contributed by atoms with Crippen molar-refractivity contribution in [2.24, 2.45) is 0 Å². The van der Waals surface area contributed by atoms with Crippen molar-refractivity contribution in [1.82, 2.24) is 14.6 Å². The summed E-state index contributed by atoms with van der Waals surface area (Å²) in [6, 6.07) is 1.54. The van der Waals surface area contributed by atoms with Gasteiger partial charge in [-0.2, -0.15) is 4.52 Å². The molecule has 1 aliphatic heterocycles. The van der Waals surface area contributed by atoms with Crippen LogP contribution >= 0.6 is 11.3 Å². The van der Waals surface area contributed by atoms with Crippen molar-refractivity contribution in [2.75, 3.05) is 25.1 Å². The van der Waals surface area contributed by atoms with Crippen LogP contribution in [0.2, 0.25) is 0 Å². The Bertz CT molecular complexity index is 719. The van der Waals surface area contributed by atoms with Gasteiger partial charge < -0.3 is 10.1 Å². The van der Waals surface area contributed by atoms with Gasteiger partial charge in [-0.3, -0.25) is 4.79 Å². The number of rotatable bonds is 5. The molecule has 0 amide bonds. The second-order valence-electron chi connectivity index (χ2n) is 4.90. The first-order valence-electron chi connectivity index (χ1n) is 7.15. The Kier molecular flexibility index (Phi) is 4.31. The summed E-state index contributed by atoms with van der Waals surface area (Å²) in [6.45, 7) is 4.32. The molecule has 0 saturated carbocycles. The molecule has 0 fully saturated rings. The summed E-state index contributed by atoms with van der Waals surface area (Å²) in [5.41, 5.74) is 2.11. The fraction of sp³-hybridized carbons (Fsp3) is 0.500. The van der Waals surface area contributed by atoms with Crippen LogP contribution in [-0.4, -0.2) is 34.4 Å². The first-order chi connectivity index (χ1) is 10.3. The van der Waals surface area contributed by atoms with E-state index in [1.54, 1.807) is 6.07 Å². The summed E-state index contributed by atoms with van der Waals surface area (Å²) in [6.07, 6.45) is 4.87. The average Bonchev–Trinajstić information content (AvgIpc) is 2.91. The minimum Gasteiger partial charge on any atom is -0.377 e. The molecule has 1 aliphatic rings. The number of ether oxygens (including phenoxy) is 1. The van der Waals surface area contributed by atoms with Gasteiger partial charge in [0.05, 0.1) is 13.2 Å². The van der Waals surface area contributed by atoms with Gasteiger partial charge in [-0.05, 0) is 19.3 Å². The van der Waals surface area contributed by atoms with Gasteiger partial charge in [-0.25, -0.2) is 4.98 Å². The third-order valence-electron chi connectivity index (χ3n) is 3.44. The van der Waals surface area contributed by atoms with Crippen LogP contribution in [0.3, 0.4) is 0 Å². The summed E-state index contributed by atoms with van der Waals surface area (Å²) in [5.74, 6) is 0. The second-order valence-corrected chi connectivity index (χ2v) is 5.86. The Morgan fingerprint density at radius 2 is 2.43 bits per heavy atom. The minimum atomic E-state index is -0.117. The van der Waals surface area contributed by atoms with Gasteiger partial charge in [0.2, 0.25) is 10.1 Å². The number of aryl methyl sites for hydroxylation is 1. The lowest BCUT2D eigenvalue weighted by atomic mass is 10.1. The Morgan fingerprint density at radius 3 is 3.19 bits per heavy atom. The Hall–Kier alpha value is -1.73. The molecule has 21 heavy (non-hydrogen) atoms. The zero-order chi connectivity index (χ0) is 14.7. The maximum atomic E-state index is 11.9. The fourth-order valence-corrected chi connectivity index (χ4v) is 3.08. The lowest BCUT2D eigenvalue weighted by Gasteiger charge is -2.13. The number of nitrogens with zero attached hydrogens (tertiary/aromatic N) is 3. The Morgan fingerprint density at radius 1 is 1.52 bits per heavy atom. The average molecular weight is 306 g/mol. The van der Waals surface area contributed by atoms with Crippen molar-refractivity contribution in [2.45, 2.75) is 26.2 Å². The van der Waals surface area contributed by atoms with Gasteiger partial charge >= 0.3 is 0 Å². The van der Waals surface area contributed by atoms with Crippen molar-refractivity contribution < 1.29 is 4.74 Å². The molecule has 0 aliphatic carbocycles. The molecule has 2 aromatic rings. The molecule has 0 spiro atoms. The second kappa shape index (κ2) is 6.36. The lowest BCUT2D eigenvalue weighted by Crippen LogP contribution is -2.15. The molecule has 3 heterocycles. The number of aromatic nitrogens is 3. The van der Waals surface area contributed by atoms with Gasteiger partial charge in [0, 0.05) is 18.3 Å². The molecular weight excluding hydrogens is 288 g/mol. The minimum absolute atomic E-state index is 0.117. The molecule has 0 unspecified atom stereocenters. The van der Waals surface area contributed by atoms with Crippen molar-refractivity contribution in [1.29, 1.82) is 0 Å². The number of fused-ring (bicyclic) bond motifs is 1. The molecule has 1 N–H and O–H groups in total. The largest absolute Gasteiger partial charge is 0.377 e. The lowest BCUT2D eigenvalue weighted by molar-refractivity contribution is 0.153. The SMILES string of the molecule is CCc1cc(=O)n2nc(NCCC3=CCOCC3)sc2n1. The molecule has 0 atom stereocenters. The van der Waals surface area contributed by atoms with Crippen LogP contribution in [0.1, 0.15) is 25.5 Å². The highest BCUT2D eigenvalue weighted by atomic mass is 32.1. The van der Waals surface area contributed by atoms with E-state index in [0.29, 0.717) is 4.96 Å². The van der Waals surface area contributed by atoms with Gasteiger partial charge in [0.15, 0.2) is 0 Å². The fourth-order valence-electron chi connectivity index (χ4n) is 2.23. The molecule has 112 valence electrons. The highest BCUT2D eigenvalue weighted by Gasteiger charge is 2.09. The van der Waals surface area contributed by atoms with Crippen LogP contribution < -0.4 is 10.9 Å². The molecule has 6 nitrogen and oxygen atoms in total. The normalized spacial score (nSPS) is 15.2. The molecule has 0 aromatic carbocycles. The van der Waals surface area contributed by atoms with Gasteiger partial charge in [0.1, 0.15) is 0 Å². The number of nitrogens with one attached hydrogen (secondary N) is 1. The first kappa shape index (κ1) is 14.2. The molecule has 7 heteroatoms. The maximum Gasteiger partial charge on any atom is 0.275 e. The van der Waals surface area contributed by atoms with Crippen molar-refractivity contribution >= 4 is 21.4 Å². The topological polar surface area (TPSA) is 68.5 Å². The summed E-state index contributed by atoms with van der Waals surface area (Å²) < 4.78 is 6.65. The van der Waals surface area contributed by atoms with Crippen molar-refractivity contribution in [3.05, 3.63) is 33.8 Å². The van der Waals surface area contributed by atoms with Crippen LogP contribution in [0.25, 0.3) is 4.96 Å². The van der Waals surface area contributed by atoms with Crippen molar-refractivity contribution in [3.8, 4) is 0 Å². The van der Waals surface area contributed by atoms with Crippen LogP contribution in [0.4, 0.5) is 5.13 Å². The molecular formula is C14H18N4O2S. The summed E-state index contributed by atoms with van der Waals surface area (Å²) in [7, 11) is 0. The predicted octanol–water partition coefficient (Wildman–Crippen LogP) is 1.86.